The standard InChI is InChI=1S/C25H26N2O4/c1-4-30-23-13-15-24(16-14-23)31-17-19-5-7-21(8-6-19)25(28)27-26-18(2)20-9-11-22(29-3)12-10-20/h5-16H,4,17H2,1-3H3,(H,27,28)/b26-18-. The van der Waals surface area contributed by atoms with Crippen LogP contribution in [-0.4, -0.2) is 25.3 Å². The third-order valence-corrected chi connectivity index (χ3v) is 4.59. The molecule has 3 rings (SSSR count). The lowest BCUT2D eigenvalue weighted by atomic mass is 10.1. The highest BCUT2D eigenvalue weighted by molar-refractivity contribution is 6.00. The molecule has 3 aromatic rings. The third kappa shape index (κ3) is 6.34. The molecule has 0 aliphatic carbocycles. The summed E-state index contributed by atoms with van der Waals surface area (Å²) in [5.74, 6) is 2.07. The monoisotopic (exact) mass is 418 g/mol. The van der Waals surface area contributed by atoms with Crippen molar-refractivity contribution >= 4 is 11.6 Å². The van der Waals surface area contributed by atoms with E-state index in [1.165, 1.54) is 0 Å². The molecule has 0 aliphatic heterocycles. The number of hydrazone groups is 1. The number of rotatable bonds is 9. The Morgan fingerprint density at radius 2 is 1.35 bits per heavy atom. The van der Waals surface area contributed by atoms with Gasteiger partial charge in [0.1, 0.15) is 23.9 Å². The van der Waals surface area contributed by atoms with E-state index < -0.39 is 0 Å². The second kappa shape index (κ2) is 10.8. The molecule has 1 amide bonds. The molecule has 160 valence electrons. The fourth-order valence-electron chi connectivity index (χ4n) is 2.81. The van der Waals surface area contributed by atoms with Gasteiger partial charge in [-0.1, -0.05) is 12.1 Å². The van der Waals surface area contributed by atoms with Gasteiger partial charge in [0.25, 0.3) is 5.91 Å². The first kappa shape index (κ1) is 21.9. The molecule has 1 N–H and O–H groups in total. The summed E-state index contributed by atoms with van der Waals surface area (Å²) in [5.41, 5.74) is 5.69. The smallest absolute Gasteiger partial charge is 0.271 e. The Morgan fingerprint density at radius 1 is 0.806 bits per heavy atom. The van der Waals surface area contributed by atoms with Crippen molar-refractivity contribution in [3.63, 3.8) is 0 Å². The maximum absolute atomic E-state index is 12.4. The van der Waals surface area contributed by atoms with Gasteiger partial charge in [-0.25, -0.2) is 5.43 Å². The molecule has 31 heavy (non-hydrogen) atoms. The van der Waals surface area contributed by atoms with Crippen LogP contribution in [0.15, 0.2) is 77.9 Å². The molecule has 0 atom stereocenters. The molecule has 0 spiro atoms. The van der Waals surface area contributed by atoms with Crippen LogP contribution in [0.1, 0.15) is 35.3 Å². The van der Waals surface area contributed by atoms with Crippen LogP contribution in [0.2, 0.25) is 0 Å². The quantitative estimate of drug-likeness (QED) is 0.399. The van der Waals surface area contributed by atoms with Crippen molar-refractivity contribution in [2.75, 3.05) is 13.7 Å². The normalized spacial score (nSPS) is 11.0. The van der Waals surface area contributed by atoms with Gasteiger partial charge in [-0.15, -0.1) is 0 Å². The molecule has 0 fully saturated rings. The molecule has 0 saturated carbocycles. The average molecular weight is 418 g/mol. The summed E-state index contributed by atoms with van der Waals surface area (Å²) in [4.78, 5) is 12.4. The Morgan fingerprint density at radius 3 is 1.94 bits per heavy atom. The Hall–Kier alpha value is -3.80. The number of nitrogens with one attached hydrogen (secondary N) is 1. The van der Waals surface area contributed by atoms with Crippen molar-refractivity contribution in [2.45, 2.75) is 20.5 Å². The van der Waals surface area contributed by atoms with E-state index in [1.54, 1.807) is 19.2 Å². The number of hydrogen-bond acceptors (Lipinski definition) is 5. The van der Waals surface area contributed by atoms with Crippen LogP contribution in [-0.2, 0) is 6.61 Å². The third-order valence-electron chi connectivity index (χ3n) is 4.59. The van der Waals surface area contributed by atoms with Gasteiger partial charge in [0.2, 0.25) is 0 Å². The van der Waals surface area contributed by atoms with Crippen LogP contribution < -0.4 is 19.6 Å². The summed E-state index contributed by atoms with van der Waals surface area (Å²) in [6.45, 7) is 4.82. The van der Waals surface area contributed by atoms with E-state index in [9.17, 15) is 4.79 Å². The fraction of sp³-hybridized carbons (Fsp3) is 0.200. The van der Waals surface area contributed by atoms with Crippen molar-refractivity contribution in [2.24, 2.45) is 5.10 Å². The van der Waals surface area contributed by atoms with Crippen molar-refractivity contribution in [3.8, 4) is 17.2 Å². The Balaban J connectivity index is 1.53. The predicted octanol–water partition coefficient (Wildman–Crippen LogP) is 4.83. The zero-order valence-electron chi connectivity index (χ0n) is 17.9. The molecular formula is C25H26N2O4. The van der Waals surface area contributed by atoms with E-state index in [0.29, 0.717) is 24.5 Å². The lowest BCUT2D eigenvalue weighted by molar-refractivity contribution is 0.0954. The number of ether oxygens (including phenoxy) is 3. The molecule has 3 aromatic carbocycles. The van der Waals surface area contributed by atoms with Crippen LogP contribution >= 0.6 is 0 Å². The number of carbonyl (C=O) groups excluding carboxylic acids is 1. The molecule has 6 nitrogen and oxygen atoms in total. The van der Waals surface area contributed by atoms with Gasteiger partial charge >= 0.3 is 0 Å². The lowest BCUT2D eigenvalue weighted by Gasteiger charge is -2.08. The van der Waals surface area contributed by atoms with Crippen LogP contribution in [0, 0.1) is 0 Å². The fourth-order valence-corrected chi connectivity index (χ4v) is 2.81. The van der Waals surface area contributed by atoms with E-state index >= 15 is 0 Å². The number of benzene rings is 3. The zero-order chi connectivity index (χ0) is 22.1. The summed E-state index contributed by atoms with van der Waals surface area (Å²) in [6.07, 6.45) is 0. The maximum Gasteiger partial charge on any atom is 0.271 e. The highest BCUT2D eigenvalue weighted by Gasteiger charge is 2.06. The van der Waals surface area contributed by atoms with Crippen molar-refractivity contribution in [1.82, 2.24) is 5.43 Å². The minimum Gasteiger partial charge on any atom is -0.497 e. The van der Waals surface area contributed by atoms with Gasteiger partial charge in [-0.05, 0) is 85.6 Å². The molecule has 0 unspecified atom stereocenters. The van der Waals surface area contributed by atoms with Gasteiger partial charge in [-0.2, -0.15) is 5.10 Å². The average Bonchev–Trinajstić information content (AvgIpc) is 2.82. The number of hydrogen-bond donors (Lipinski definition) is 1. The van der Waals surface area contributed by atoms with Gasteiger partial charge in [0.05, 0.1) is 19.4 Å². The minimum absolute atomic E-state index is 0.271. The topological polar surface area (TPSA) is 69.2 Å². The number of methoxy groups -OCH3 is 1. The SMILES string of the molecule is CCOc1ccc(OCc2ccc(C(=O)N/N=C(/C)c3ccc(OC)cc3)cc2)cc1. The molecule has 0 saturated heterocycles. The second-order valence-corrected chi connectivity index (χ2v) is 6.76. The summed E-state index contributed by atoms with van der Waals surface area (Å²) in [7, 11) is 1.62. The van der Waals surface area contributed by atoms with Crippen LogP contribution in [0.5, 0.6) is 17.2 Å². The Bertz CT molecular complexity index is 1010. The lowest BCUT2D eigenvalue weighted by Crippen LogP contribution is -2.19. The highest BCUT2D eigenvalue weighted by Crippen LogP contribution is 2.19. The van der Waals surface area contributed by atoms with Gasteiger partial charge < -0.3 is 14.2 Å². The van der Waals surface area contributed by atoms with E-state index in [1.807, 2.05) is 74.5 Å². The molecule has 0 aliphatic rings. The molecule has 6 heteroatoms. The maximum atomic E-state index is 12.4. The van der Waals surface area contributed by atoms with Crippen molar-refractivity contribution in [1.29, 1.82) is 0 Å². The summed E-state index contributed by atoms with van der Waals surface area (Å²) < 4.78 is 16.4. The zero-order valence-corrected chi connectivity index (χ0v) is 17.9. The first-order chi connectivity index (χ1) is 15.1. The first-order valence-corrected chi connectivity index (χ1v) is 10.0. The molecule has 0 bridgehead atoms. The van der Waals surface area contributed by atoms with E-state index in [-0.39, 0.29) is 5.91 Å². The molecule has 0 heterocycles. The largest absolute Gasteiger partial charge is 0.497 e. The van der Waals surface area contributed by atoms with Crippen LogP contribution in [0.3, 0.4) is 0 Å². The van der Waals surface area contributed by atoms with E-state index in [4.69, 9.17) is 14.2 Å². The van der Waals surface area contributed by atoms with Crippen LogP contribution in [0.25, 0.3) is 0 Å². The highest BCUT2D eigenvalue weighted by atomic mass is 16.5. The van der Waals surface area contributed by atoms with Gasteiger partial charge in [0.15, 0.2) is 0 Å². The van der Waals surface area contributed by atoms with Crippen molar-refractivity contribution < 1.29 is 19.0 Å². The molecule has 0 aromatic heterocycles. The number of nitrogens with zero attached hydrogens (tertiary/aromatic N) is 1. The van der Waals surface area contributed by atoms with E-state index in [2.05, 4.69) is 10.5 Å². The van der Waals surface area contributed by atoms with Gasteiger partial charge in [-0.3, -0.25) is 4.79 Å². The molecular weight excluding hydrogens is 392 g/mol. The van der Waals surface area contributed by atoms with Crippen molar-refractivity contribution in [3.05, 3.63) is 89.5 Å². The second-order valence-electron chi connectivity index (χ2n) is 6.76. The Kier molecular flexibility index (Phi) is 7.65. The van der Waals surface area contributed by atoms with Crippen LogP contribution in [0.4, 0.5) is 0 Å². The number of carbonyl (C=O) groups is 1. The Labute approximate surface area is 182 Å². The first-order valence-electron chi connectivity index (χ1n) is 10.0. The summed E-state index contributed by atoms with van der Waals surface area (Å²) in [6, 6.07) is 22.2. The predicted molar refractivity (Wildman–Crippen MR) is 121 cm³/mol. The minimum atomic E-state index is -0.271. The molecule has 0 radical (unpaired) electrons. The summed E-state index contributed by atoms with van der Waals surface area (Å²) >= 11 is 0. The van der Waals surface area contributed by atoms with E-state index in [0.717, 1.165) is 28.4 Å². The van der Waals surface area contributed by atoms with Gasteiger partial charge in [0, 0.05) is 5.56 Å². The number of amides is 1. The summed E-state index contributed by atoms with van der Waals surface area (Å²) in [5, 5.41) is 4.19.